The van der Waals surface area contributed by atoms with Gasteiger partial charge in [0.15, 0.2) is 0 Å². The Hall–Kier alpha value is -0.790. The molecular formula is C11H17N3O2S2. The van der Waals surface area contributed by atoms with E-state index in [-0.39, 0.29) is 4.90 Å². The molecule has 2 heterocycles. The highest BCUT2D eigenvalue weighted by Crippen LogP contribution is 2.24. The second-order valence-electron chi connectivity index (χ2n) is 3.90. The Morgan fingerprint density at radius 3 is 2.83 bits per heavy atom. The molecule has 0 bridgehead atoms. The van der Waals surface area contributed by atoms with E-state index in [0.29, 0.717) is 25.5 Å². The summed E-state index contributed by atoms with van der Waals surface area (Å²) in [7, 11) is -3.42. The highest BCUT2D eigenvalue weighted by molar-refractivity contribution is 7.99. The molecule has 1 saturated heterocycles. The molecule has 0 atom stereocenters. The van der Waals surface area contributed by atoms with Gasteiger partial charge in [0.1, 0.15) is 10.7 Å². The van der Waals surface area contributed by atoms with E-state index in [1.165, 1.54) is 0 Å². The normalized spacial score (nSPS) is 17.6. The molecule has 7 heteroatoms. The summed E-state index contributed by atoms with van der Waals surface area (Å²) >= 11 is 1.79. The predicted molar refractivity (Wildman–Crippen MR) is 74.5 cm³/mol. The van der Waals surface area contributed by atoms with Crippen LogP contribution < -0.4 is 5.32 Å². The van der Waals surface area contributed by atoms with E-state index in [1.807, 2.05) is 6.92 Å². The molecule has 0 spiro atoms. The van der Waals surface area contributed by atoms with Crippen LogP contribution in [0.2, 0.25) is 0 Å². The summed E-state index contributed by atoms with van der Waals surface area (Å²) in [6, 6.07) is 3.27. The van der Waals surface area contributed by atoms with Crippen molar-refractivity contribution < 1.29 is 8.42 Å². The molecule has 2 rings (SSSR count). The molecular weight excluding hydrogens is 270 g/mol. The van der Waals surface area contributed by atoms with E-state index < -0.39 is 10.0 Å². The first-order valence-corrected chi connectivity index (χ1v) is 8.52. The van der Waals surface area contributed by atoms with Gasteiger partial charge < -0.3 is 5.32 Å². The van der Waals surface area contributed by atoms with Gasteiger partial charge in [-0.2, -0.15) is 16.1 Å². The molecule has 0 aromatic carbocycles. The van der Waals surface area contributed by atoms with Crippen molar-refractivity contribution in [3.63, 3.8) is 0 Å². The lowest BCUT2D eigenvalue weighted by Gasteiger charge is -2.26. The molecule has 0 saturated carbocycles. The largest absolute Gasteiger partial charge is 0.369 e. The number of rotatable bonds is 4. The van der Waals surface area contributed by atoms with Gasteiger partial charge in [-0.25, -0.2) is 13.4 Å². The molecule has 0 radical (unpaired) electrons. The number of nitrogens with one attached hydrogen (secondary N) is 1. The van der Waals surface area contributed by atoms with Gasteiger partial charge in [-0.15, -0.1) is 0 Å². The number of thioether (sulfide) groups is 1. The van der Waals surface area contributed by atoms with Crippen molar-refractivity contribution in [1.29, 1.82) is 0 Å². The molecule has 1 N–H and O–H groups in total. The van der Waals surface area contributed by atoms with Crippen LogP contribution in [-0.4, -0.2) is 48.8 Å². The topological polar surface area (TPSA) is 62.3 Å². The van der Waals surface area contributed by atoms with Crippen LogP contribution in [0, 0.1) is 0 Å². The fourth-order valence-corrected chi connectivity index (χ4v) is 4.52. The lowest BCUT2D eigenvalue weighted by atomic mass is 10.4. The van der Waals surface area contributed by atoms with E-state index in [9.17, 15) is 8.42 Å². The van der Waals surface area contributed by atoms with E-state index in [4.69, 9.17) is 0 Å². The molecule has 0 aliphatic carbocycles. The first-order valence-electron chi connectivity index (χ1n) is 5.93. The number of hydrogen-bond acceptors (Lipinski definition) is 5. The fraction of sp³-hybridized carbons (Fsp3) is 0.545. The monoisotopic (exact) mass is 287 g/mol. The van der Waals surface area contributed by atoms with Crippen molar-refractivity contribution in [3.05, 3.63) is 18.3 Å². The zero-order valence-corrected chi connectivity index (χ0v) is 11.9. The molecule has 0 unspecified atom stereocenters. The van der Waals surface area contributed by atoms with Crippen molar-refractivity contribution in [2.45, 2.75) is 11.8 Å². The van der Waals surface area contributed by atoms with E-state index in [0.717, 1.165) is 11.5 Å². The minimum atomic E-state index is -3.42. The van der Waals surface area contributed by atoms with Crippen molar-refractivity contribution >= 4 is 27.6 Å². The van der Waals surface area contributed by atoms with Gasteiger partial charge in [-0.3, -0.25) is 0 Å². The summed E-state index contributed by atoms with van der Waals surface area (Å²) in [5, 5.41) is 3.00. The van der Waals surface area contributed by atoms with Gasteiger partial charge in [0.05, 0.1) is 0 Å². The fourth-order valence-electron chi connectivity index (χ4n) is 1.82. The lowest BCUT2D eigenvalue weighted by Crippen LogP contribution is -2.38. The predicted octanol–water partition coefficient (Wildman–Crippen LogP) is 1.25. The number of nitrogens with zero attached hydrogens (tertiary/aromatic N) is 2. The summed E-state index contributed by atoms with van der Waals surface area (Å²) < 4.78 is 26.6. The number of hydrogen-bond donors (Lipinski definition) is 1. The van der Waals surface area contributed by atoms with Gasteiger partial charge in [-0.1, -0.05) is 0 Å². The van der Waals surface area contributed by atoms with Crippen LogP contribution in [0.25, 0.3) is 0 Å². The molecule has 1 fully saturated rings. The SMILES string of the molecule is CCNc1ncccc1S(=O)(=O)N1CCSCC1. The van der Waals surface area contributed by atoms with Gasteiger partial charge >= 0.3 is 0 Å². The van der Waals surface area contributed by atoms with Crippen LogP contribution in [0.1, 0.15) is 6.92 Å². The number of aromatic nitrogens is 1. The Balaban J connectivity index is 2.34. The van der Waals surface area contributed by atoms with E-state index >= 15 is 0 Å². The summed E-state index contributed by atoms with van der Waals surface area (Å²) in [6.07, 6.45) is 1.60. The maximum atomic E-state index is 12.5. The highest BCUT2D eigenvalue weighted by atomic mass is 32.2. The van der Waals surface area contributed by atoms with Gasteiger partial charge in [0, 0.05) is 37.3 Å². The van der Waals surface area contributed by atoms with E-state index in [2.05, 4.69) is 10.3 Å². The zero-order valence-electron chi connectivity index (χ0n) is 10.3. The Kier molecular flexibility index (Phi) is 4.47. The maximum absolute atomic E-state index is 12.5. The van der Waals surface area contributed by atoms with Crippen molar-refractivity contribution in [2.24, 2.45) is 0 Å². The Bertz CT molecular complexity index is 499. The summed E-state index contributed by atoms with van der Waals surface area (Å²) in [4.78, 5) is 4.38. The highest BCUT2D eigenvalue weighted by Gasteiger charge is 2.28. The Morgan fingerprint density at radius 1 is 1.44 bits per heavy atom. The molecule has 5 nitrogen and oxygen atoms in total. The van der Waals surface area contributed by atoms with Crippen LogP contribution >= 0.6 is 11.8 Å². The second kappa shape index (κ2) is 5.90. The molecule has 1 aromatic heterocycles. The zero-order chi connectivity index (χ0) is 13.0. The van der Waals surface area contributed by atoms with Crippen LogP contribution in [0.4, 0.5) is 5.82 Å². The summed E-state index contributed by atoms with van der Waals surface area (Å²) in [6.45, 7) is 3.72. The first kappa shape index (κ1) is 13.6. The van der Waals surface area contributed by atoms with Gasteiger partial charge in [0.2, 0.25) is 10.0 Å². The van der Waals surface area contributed by atoms with Gasteiger partial charge in [0.25, 0.3) is 0 Å². The smallest absolute Gasteiger partial charge is 0.246 e. The third-order valence-corrected chi connectivity index (χ3v) is 5.58. The number of pyridine rings is 1. The summed E-state index contributed by atoms with van der Waals surface area (Å²) in [5.74, 6) is 2.16. The third kappa shape index (κ3) is 2.78. The van der Waals surface area contributed by atoms with Gasteiger partial charge in [-0.05, 0) is 19.1 Å². The van der Waals surface area contributed by atoms with Crippen LogP contribution in [0.3, 0.4) is 0 Å². The third-order valence-electron chi connectivity index (χ3n) is 2.70. The Labute approximate surface area is 112 Å². The van der Waals surface area contributed by atoms with Crippen molar-refractivity contribution in [1.82, 2.24) is 9.29 Å². The standard InChI is InChI=1S/C11H17N3O2S2/c1-2-12-11-10(4-3-5-13-11)18(15,16)14-6-8-17-9-7-14/h3-5H,2,6-9H2,1H3,(H,12,13). The minimum Gasteiger partial charge on any atom is -0.369 e. The van der Waals surface area contributed by atoms with Crippen molar-refractivity contribution in [2.75, 3.05) is 36.5 Å². The molecule has 100 valence electrons. The Morgan fingerprint density at radius 2 is 2.17 bits per heavy atom. The molecule has 1 aliphatic heterocycles. The number of anilines is 1. The van der Waals surface area contributed by atoms with Crippen LogP contribution in [0.5, 0.6) is 0 Å². The molecule has 0 amide bonds. The quantitative estimate of drug-likeness (QED) is 0.903. The second-order valence-corrected chi connectivity index (χ2v) is 7.03. The summed E-state index contributed by atoms with van der Waals surface area (Å²) in [5.41, 5.74) is 0. The molecule has 18 heavy (non-hydrogen) atoms. The average molecular weight is 287 g/mol. The average Bonchev–Trinajstić information content (AvgIpc) is 2.41. The molecule has 1 aromatic rings. The maximum Gasteiger partial charge on any atom is 0.246 e. The van der Waals surface area contributed by atoms with Crippen LogP contribution in [-0.2, 0) is 10.0 Å². The number of sulfonamides is 1. The minimum absolute atomic E-state index is 0.277. The van der Waals surface area contributed by atoms with E-state index in [1.54, 1.807) is 34.4 Å². The van der Waals surface area contributed by atoms with Crippen LogP contribution in [0.15, 0.2) is 23.2 Å². The molecule has 1 aliphatic rings. The van der Waals surface area contributed by atoms with Crippen molar-refractivity contribution in [3.8, 4) is 0 Å². The lowest BCUT2D eigenvalue weighted by molar-refractivity contribution is 0.443. The first-order chi connectivity index (χ1) is 8.66.